The number of hydrogen-bond acceptors (Lipinski definition) is 4. The predicted molar refractivity (Wildman–Crippen MR) is 84.7 cm³/mol. The maximum Gasteiger partial charge on any atom is 0.326 e. The number of carboxylic acid groups (broad SMARTS) is 1. The van der Waals surface area contributed by atoms with Gasteiger partial charge < -0.3 is 15.2 Å². The molecule has 1 rings (SSSR count). The second-order valence-electron chi connectivity index (χ2n) is 5.33. The molecule has 0 heterocycles. The van der Waals surface area contributed by atoms with Crippen molar-refractivity contribution in [3.05, 3.63) is 35.9 Å². The zero-order valence-electron chi connectivity index (χ0n) is 13.5. The molecule has 6 nitrogen and oxygen atoms in total. The van der Waals surface area contributed by atoms with Crippen molar-refractivity contribution >= 4 is 17.8 Å². The zero-order valence-corrected chi connectivity index (χ0v) is 13.5. The maximum absolute atomic E-state index is 11.9. The second kappa shape index (κ2) is 9.61. The fourth-order valence-corrected chi connectivity index (χ4v) is 2.12. The lowest BCUT2D eigenvalue weighted by molar-refractivity contribution is -0.149. The van der Waals surface area contributed by atoms with Crippen molar-refractivity contribution in [1.29, 1.82) is 0 Å². The molecule has 2 N–H and O–H groups in total. The lowest BCUT2D eigenvalue weighted by Crippen LogP contribution is -2.42. The molecule has 6 heteroatoms. The summed E-state index contributed by atoms with van der Waals surface area (Å²) in [6.07, 6.45) is 0.735. The number of carbonyl (C=O) groups is 3. The van der Waals surface area contributed by atoms with Crippen molar-refractivity contribution < 1.29 is 24.2 Å². The van der Waals surface area contributed by atoms with Crippen molar-refractivity contribution in [1.82, 2.24) is 5.32 Å². The van der Waals surface area contributed by atoms with Crippen LogP contribution in [0.4, 0.5) is 0 Å². The minimum atomic E-state index is -1.16. The van der Waals surface area contributed by atoms with E-state index in [0.29, 0.717) is 6.42 Å². The standard InChI is InChI=1S/C17H23NO5/c1-3-23-17(22)12(2)11-14(16(20)21)18-15(19)10-9-13-7-5-4-6-8-13/h4-8,12,14H,3,9-11H2,1-2H3,(H,18,19)(H,20,21)/t12-,14+/m1/s1. The lowest BCUT2D eigenvalue weighted by atomic mass is 10.0. The van der Waals surface area contributed by atoms with E-state index in [9.17, 15) is 19.5 Å². The normalized spacial score (nSPS) is 13.0. The predicted octanol–water partition coefficient (Wildman–Crippen LogP) is 1.78. The number of rotatable bonds is 9. The van der Waals surface area contributed by atoms with Crippen LogP contribution >= 0.6 is 0 Å². The topological polar surface area (TPSA) is 92.7 Å². The number of aliphatic carboxylic acids is 1. The molecule has 0 bridgehead atoms. The van der Waals surface area contributed by atoms with Gasteiger partial charge in [0.05, 0.1) is 12.5 Å². The number of benzene rings is 1. The van der Waals surface area contributed by atoms with Crippen LogP contribution in [0, 0.1) is 5.92 Å². The summed E-state index contributed by atoms with van der Waals surface area (Å²) >= 11 is 0. The summed E-state index contributed by atoms with van der Waals surface area (Å²) in [5.74, 6) is -2.56. The SMILES string of the molecule is CCOC(=O)[C@H](C)C[C@H](NC(=O)CCc1ccccc1)C(=O)O. The lowest BCUT2D eigenvalue weighted by Gasteiger charge is -2.18. The van der Waals surface area contributed by atoms with Crippen LogP contribution in [0.15, 0.2) is 30.3 Å². The first-order valence-electron chi connectivity index (χ1n) is 7.66. The number of ether oxygens (including phenoxy) is 1. The Kier molecular flexibility index (Phi) is 7.80. The van der Waals surface area contributed by atoms with E-state index in [1.165, 1.54) is 0 Å². The molecule has 1 aromatic rings. The number of hydrogen-bond donors (Lipinski definition) is 2. The molecule has 0 unspecified atom stereocenters. The average Bonchev–Trinajstić information content (AvgIpc) is 2.53. The maximum atomic E-state index is 11.9. The molecule has 0 saturated carbocycles. The van der Waals surface area contributed by atoms with Crippen LogP contribution in [0.1, 0.15) is 32.3 Å². The van der Waals surface area contributed by atoms with Crippen molar-refractivity contribution in [2.24, 2.45) is 5.92 Å². The molecule has 2 atom stereocenters. The Bertz CT molecular complexity index is 529. The van der Waals surface area contributed by atoms with Crippen LogP contribution in [0.25, 0.3) is 0 Å². The molecule has 0 aliphatic rings. The summed E-state index contributed by atoms with van der Waals surface area (Å²) in [6, 6.07) is 8.37. The van der Waals surface area contributed by atoms with Gasteiger partial charge in [-0.15, -0.1) is 0 Å². The molecule has 0 saturated heterocycles. The molecule has 1 amide bonds. The van der Waals surface area contributed by atoms with Crippen molar-refractivity contribution in [2.45, 2.75) is 39.2 Å². The molecule has 1 aromatic carbocycles. The Hall–Kier alpha value is -2.37. The monoisotopic (exact) mass is 321 g/mol. The van der Waals surface area contributed by atoms with E-state index in [-0.39, 0.29) is 25.4 Å². The summed E-state index contributed by atoms with van der Waals surface area (Å²) in [5.41, 5.74) is 1.01. The first-order chi connectivity index (χ1) is 10.9. The van der Waals surface area contributed by atoms with Gasteiger partial charge in [0.25, 0.3) is 0 Å². The van der Waals surface area contributed by atoms with E-state index in [4.69, 9.17) is 4.74 Å². The van der Waals surface area contributed by atoms with Crippen LogP contribution in [-0.4, -0.2) is 35.6 Å². The smallest absolute Gasteiger partial charge is 0.326 e. The van der Waals surface area contributed by atoms with Gasteiger partial charge in [0.2, 0.25) is 5.91 Å². The van der Waals surface area contributed by atoms with E-state index in [1.807, 2.05) is 30.3 Å². The van der Waals surface area contributed by atoms with Gasteiger partial charge in [-0.2, -0.15) is 0 Å². The Balaban J connectivity index is 2.50. The number of esters is 1. The van der Waals surface area contributed by atoms with Gasteiger partial charge in [-0.3, -0.25) is 9.59 Å². The summed E-state index contributed by atoms with van der Waals surface area (Å²) < 4.78 is 4.85. The van der Waals surface area contributed by atoms with Crippen molar-refractivity contribution in [3.8, 4) is 0 Å². The average molecular weight is 321 g/mol. The molecular formula is C17H23NO5. The quantitative estimate of drug-likeness (QED) is 0.676. The van der Waals surface area contributed by atoms with E-state index >= 15 is 0 Å². The molecule has 0 fully saturated rings. The van der Waals surface area contributed by atoms with E-state index in [0.717, 1.165) is 5.56 Å². The third-order valence-corrected chi connectivity index (χ3v) is 3.40. The van der Waals surface area contributed by atoms with Gasteiger partial charge >= 0.3 is 11.9 Å². The van der Waals surface area contributed by atoms with Crippen LogP contribution < -0.4 is 5.32 Å². The van der Waals surface area contributed by atoms with E-state index < -0.39 is 23.9 Å². The van der Waals surface area contributed by atoms with Gasteiger partial charge in [0.15, 0.2) is 0 Å². The number of carbonyl (C=O) groups excluding carboxylic acids is 2. The van der Waals surface area contributed by atoms with Crippen LogP contribution in [0.2, 0.25) is 0 Å². The fourth-order valence-electron chi connectivity index (χ4n) is 2.12. The van der Waals surface area contributed by atoms with Crippen molar-refractivity contribution in [3.63, 3.8) is 0 Å². The molecule has 126 valence electrons. The molecule has 0 aliphatic carbocycles. The summed E-state index contributed by atoms with van der Waals surface area (Å²) in [4.78, 5) is 34.7. The molecule has 0 aliphatic heterocycles. The third-order valence-electron chi connectivity index (χ3n) is 3.40. The highest BCUT2D eigenvalue weighted by atomic mass is 16.5. The van der Waals surface area contributed by atoms with Gasteiger partial charge in [0.1, 0.15) is 6.04 Å². The van der Waals surface area contributed by atoms with Gasteiger partial charge in [-0.1, -0.05) is 37.3 Å². The van der Waals surface area contributed by atoms with Crippen LogP contribution in [-0.2, 0) is 25.5 Å². The molecular weight excluding hydrogens is 298 g/mol. The van der Waals surface area contributed by atoms with Crippen molar-refractivity contribution in [2.75, 3.05) is 6.61 Å². The Labute approximate surface area is 135 Å². The minimum Gasteiger partial charge on any atom is -0.480 e. The molecule has 23 heavy (non-hydrogen) atoms. The minimum absolute atomic E-state index is 0.00520. The summed E-state index contributed by atoms with van der Waals surface area (Å²) in [7, 11) is 0. The fraction of sp³-hybridized carbons (Fsp3) is 0.471. The van der Waals surface area contributed by atoms with Gasteiger partial charge in [-0.25, -0.2) is 4.79 Å². The van der Waals surface area contributed by atoms with Crippen LogP contribution in [0.5, 0.6) is 0 Å². The van der Waals surface area contributed by atoms with Crippen LogP contribution in [0.3, 0.4) is 0 Å². The Morgan fingerprint density at radius 3 is 2.43 bits per heavy atom. The van der Waals surface area contributed by atoms with Gasteiger partial charge in [0, 0.05) is 6.42 Å². The summed E-state index contributed by atoms with van der Waals surface area (Å²) in [6.45, 7) is 3.51. The molecule has 0 spiro atoms. The largest absolute Gasteiger partial charge is 0.480 e. The number of amides is 1. The summed E-state index contributed by atoms with van der Waals surface area (Å²) in [5, 5.41) is 11.7. The molecule has 0 aromatic heterocycles. The first-order valence-corrected chi connectivity index (χ1v) is 7.66. The van der Waals surface area contributed by atoms with E-state index in [2.05, 4.69) is 5.32 Å². The van der Waals surface area contributed by atoms with E-state index in [1.54, 1.807) is 13.8 Å². The highest BCUT2D eigenvalue weighted by molar-refractivity contribution is 5.84. The number of nitrogens with one attached hydrogen (secondary N) is 1. The zero-order chi connectivity index (χ0) is 17.2. The van der Waals surface area contributed by atoms with Gasteiger partial charge in [-0.05, 0) is 25.3 Å². The highest BCUT2D eigenvalue weighted by Gasteiger charge is 2.26. The number of aryl methyl sites for hydroxylation is 1. The number of carboxylic acids is 1. The highest BCUT2D eigenvalue weighted by Crippen LogP contribution is 2.10. The third kappa shape index (κ3) is 6.95. The second-order valence-corrected chi connectivity index (χ2v) is 5.33. The Morgan fingerprint density at radius 1 is 1.22 bits per heavy atom. The Morgan fingerprint density at radius 2 is 1.87 bits per heavy atom. The molecule has 0 radical (unpaired) electrons. The first kappa shape index (κ1) is 18.7.